The minimum atomic E-state index is -3.86. The van der Waals surface area contributed by atoms with Gasteiger partial charge in [0.25, 0.3) is 10.1 Å². The summed E-state index contributed by atoms with van der Waals surface area (Å²) in [5.41, 5.74) is 0. The number of hydrogen-bond acceptors (Lipinski definition) is 4. The molecule has 0 aliphatic heterocycles. The van der Waals surface area contributed by atoms with Gasteiger partial charge >= 0.3 is 0 Å². The Balaban J connectivity index is 4.09. The fraction of sp³-hybridized carbons (Fsp3) is 1.00. The Labute approximate surface area is 104 Å². The van der Waals surface area contributed by atoms with Gasteiger partial charge in [0.05, 0.1) is 33.0 Å². The van der Waals surface area contributed by atoms with Crippen molar-refractivity contribution in [2.24, 2.45) is 0 Å². The molecule has 0 heterocycles. The molecule has 0 aliphatic rings. The summed E-state index contributed by atoms with van der Waals surface area (Å²) >= 11 is 0. The standard InChI is InChI=1S/C10H23NO5S/c1-11(2,6-5-7-17(12,13)14)8-10(16-4)9-15-3/h10H,5-9H2,1-4H3/p+1. The molecule has 0 fully saturated rings. The number of quaternary nitrogens is 1. The van der Waals surface area contributed by atoms with Crippen molar-refractivity contribution in [3.05, 3.63) is 0 Å². The lowest BCUT2D eigenvalue weighted by Gasteiger charge is -2.32. The number of likely N-dealkylation sites (N-methyl/N-ethyl adjacent to an activating group) is 1. The van der Waals surface area contributed by atoms with Gasteiger partial charge in [-0.2, -0.15) is 8.42 Å². The van der Waals surface area contributed by atoms with Crippen LogP contribution in [0.2, 0.25) is 0 Å². The van der Waals surface area contributed by atoms with Crippen molar-refractivity contribution in [3.8, 4) is 0 Å². The highest BCUT2D eigenvalue weighted by atomic mass is 32.2. The van der Waals surface area contributed by atoms with Gasteiger partial charge in [0.1, 0.15) is 12.6 Å². The molecule has 0 radical (unpaired) electrons. The third kappa shape index (κ3) is 9.49. The molecule has 7 heteroatoms. The monoisotopic (exact) mass is 270 g/mol. The Bertz CT molecular complexity index is 302. The van der Waals surface area contributed by atoms with E-state index >= 15 is 0 Å². The fourth-order valence-electron chi connectivity index (χ4n) is 1.70. The van der Waals surface area contributed by atoms with Gasteiger partial charge in [0, 0.05) is 20.6 Å². The highest BCUT2D eigenvalue weighted by Gasteiger charge is 2.22. The van der Waals surface area contributed by atoms with Crippen LogP contribution < -0.4 is 0 Å². The average Bonchev–Trinajstić information content (AvgIpc) is 2.14. The summed E-state index contributed by atoms with van der Waals surface area (Å²) in [4.78, 5) is 0. The number of ether oxygens (including phenoxy) is 2. The number of rotatable bonds is 9. The molecule has 0 aromatic rings. The second-order valence-electron chi connectivity index (χ2n) is 4.79. The van der Waals surface area contributed by atoms with E-state index in [-0.39, 0.29) is 11.9 Å². The molecule has 6 nitrogen and oxygen atoms in total. The van der Waals surface area contributed by atoms with E-state index in [0.717, 1.165) is 6.54 Å². The molecular formula is C10H24NO5S+. The maximum absolute atomic E-state index is 10.6. The van der Waals surface area contributed by atoms with Crippen LogP contribution in [0.3, 0.4) is 0 Å². The first kappa shape index (κ1) is 16.8. The molecule has 0 amide bonds. The van der Waals surface area contributed by atoms with Crippen LogP contribution in [0.15, 0.2) is 0 Å². The SMILES string of the molecule is COCC(C[N+](C)(C)CCCS(=O)(=O)O)OC. The first-order valence-corrected chi connectivity index (χ1v) is 7.10. The van der Waals surface area contributed by atoms with Crippen LogP contribution in [0, 0.1) is 0 Å². The molecule has 0 saturated carbocycles. The highest BCUT2D eigenvalue weighted by molar-refractivity contribution is 7.85. The summed E-state index contributed by atoms with van der Waals surface area (Å²) in [5, 5.41) is 0. The summed E-state index contributed by atoms with van der Waals surface area (Å²) in [6.45, 7) is 1.90. The van der Waals surface area contributed by atoms with Crippen molar-refractivity contribution in [2.75, 3.05) is 53.8 Å². The van der Waals surface area contributed by atoms with Crippen LogP contribution in [-0.2, 0) is 19.6 Å². The molecular weight excluding hydrogens is 246 g/mol. The van der Waals surface area contributed by atoms with Gasteiger partial charge in [-0.25, -0.2) is 0 Å². The first-order chi connectivity index (χ1) is 7.70. The summed E-state index contributed by atoms with van der Waals surface area (Å²) in [5.74, 6) is -0.198. The largest absolute Gasteiger partial charge is 0.382 e. The second-order valence-corrected chi connectivity index (χ2v) is 6.37. The van der Waals surface area contributed by atoms with Crippen molar-refractivity contribution in [1.82, 2.24) is 0 Å². The van der Waals surface area contributed by atoms with Crippen molar-refractivity contribution < 1.29 is 26.9 Å². The first-order valence-electron chi connectivity index (χ1n) is 5.49. The van der Waals surface area contributed by atoms with Gasteiger partial charge in [0.15, 0.2) is 0 Å². The maximum atomic E-state index is 10.6. The molecule has 0 aromatic carbocycles. The summed E-state index contributed by atoms with van der Waals surface area (Å²) in [6.07, 6.45) is 0.413. The predicted molar refractivity (Wildman–Crippen MR) is 65.5 cm³/mol. The molecule has 1 N–H and O–H groups in total. The third-order valence-corrected chi connectivity index (χ3v) is 3.35. The maximum Gasteiger partial charge on any atom is 0.265 e. The molecule has 0 aromatic heterocycles. The van der Waals surface area contributed by atoms with E-state index in [1.165, 1.54) is 0 Å². The van der Waals surface area contributed by atoms with Gasteiger partial charge in [-0.3, -0.25) is 4.55 Å². The Morgan fingerprint density at radius 1 is 1.29 bits per heavy atom. The van der Waals surface area contributed by atoms with Crippen LogP contribution in [0.1, 0.15) is 6.42 Å². The molecule has 0 aliphatic carbocycles. The Morgan fingerprint density at radius 2 is 1.88 bits per heavy atom. The molecule has 17 heavy (non-hydrogen) atoms. The second kappa shape index (κ2) is 7.27. The number of hydrogen-bond donors (Lipinski definition) is 1. The Kier molecular flexibility index (Phi) is 7.18. The van der Waals surface area contributed by atoms with E-state index in [0.29, 0.717) is 24.1 Å². The predicted octanol–water partition coefficient (Wildman–Crippen LogP) is 0.00210. The van der Waals surface area contributed by atoms with Crippen LogP contribution in [0.5, 0.6) is 0 Å². The average molecular weight is 270 g/mol. The number of nitrogens with zero attached hydrogens (tertiary/aromatic N) is 1. The zero-order valence-corrected chi connectivity index (χ0v) is 11.9. The van der Waals surface area contributed by atoms with Crippen molar-refractivity contribution in [3.63, 3.8) is 0 Å². The molecule has 1 unspecified atom stereocenters. The topological polar surface area (TPSA) is 72.8 Å². The van der Waals surface area contributed by atoms with Crippen molar-refractivity contribution in [2.45, 2.75) is 12.5 Å². The summed E-state index contributed by atoms with van der Waals surface area (Å²) in [7, 11) is 3.37. The molecule has 0 saturated heterocycles. The van der Waals surface area contributed by atoms with Gasteiger partial charge in [-0.05, 0) is 0 Å². The van der Waals surface area contributed by atoms with E-state index in [9.17, 15) is 8.42 Å². The molecule has 0 spiro atoms. The van der Waals surface area contributed by atoms with Gasteiger partial charge in [-0.15, -0.1) is 0 Å². The summed E-state index contributed by atoms with van der Waals surface area (Å²) in [6, 6.07) is 0. The summed E-state index contributed by atoms with van der Waals surface area (Å²) < 4.78 is 40.8. The smallest absolute Gasteiger partial charge is 0.265 e. The van der Waals surface area contributed by atoms with Crippen LogP contribution in [0.25, 0.3) is 0 Å². The Hall–Kier alpha value is -0.210. The lowest BCUT2D eigenvalue weighted by Crippen LogP contribution is -2.48. The van der Waals surface area contributed by atoms with E-state index in [1.807, 2.05) is 14.1 Å². The Morgan fingerprint density at radius 3 is 2.29 bits per heavy atom. The van der Waals surface area contributed by atoms with Crippen molar-refractivity contribution >= 4 is 10.1 Å². The van der Waals surface area contributed by atoms with Crippen molar-refractivity contribution in [1.29, 1.82) is 0 Å². The van der Waals surface area contributed by atoms with Crippen LogP contribution in [-0.4, -0.2) is 77.3 Å². The van der Waals surface area contributed by atoms with E-state index in [1.54, 1.807) is 14.2 Å². The van der Waals surface area contributed by atoms with E-state index in [2.05, 4.69) is 0 Å². The van der Waals surface area contributed by atoms with E-state index < -0.39 is 10.1 Å². The van der Waals surface area contributed by atoms with Gasteiger partial charge < -0.3 is 14.0 Å². The fourth-order valence-corrected chi connectivity index (χ4v) is 2.19. The van der Waals surface area contributed by atoms with E-state index in [4.69, 9.17) is 14.0 Å². The minimum absolute atomic E-state index is 0.0132. The molecule has 0 bridgehead atoms. The van der Waals surface area contributed by atoms with Crippen LogP contribution >= 0.6 is 0 Å². The van der Waals surface area contributed by atoms with Crippen LogP contribution in [0.4, 0.5) is 0 Å². The lowest BCUT2D eigenvalue weighted by molar-refractivity contribution is -0.893. The van der Waals surface area contributed by atoms with Gasteiger partial charge in [0.2, 0.25) is 0 Å². The van der Waals surface area contributed by atoms with Gasteiger partial charge in [-0.1, -0.05) is 0 Å². The molecule has 1 atom stereocenters. The molecule has 0 rings (SSSR count). The zero-order valence-electron chi connectivity index (χ0n) is 11.0. The highest BCUT2D eigenvalue weighted by Crippen LogP contribution is 2.05. The number of methoxy groups -OCH3 is 2. The minimum Gasteiger partial charge on any atom is -0.382 e. The lowest BCUT2D eigenvalue weighted by atomic mass is 10.3. The third-order valence-electron chi connectivity index (χ3n) is 2.55. The normalized spacial score (nSPS) is 14.9. The zero-order chi connectivity index (χ0) is 13.5. The molecule has 104 valence electrons. The quantitative estimate of drug-likeness (QED) is 0.472.